The average molecular weight is 396 g/mol. The van der Waals surface area contributed by atoms with Crippen LogP contribution in [-0.4, -0.2) is 56.9 Å². The van der Waals surface area contributed by atoms with Crippen molar-refractivity contribution in [1.82, 2.24) is 24.8 Å². The van der Waals surface area contributed by atoms with Gasteiger partial charge in [-0.2, -0.15) is 0 Å². The molecule has 0 aliphatic carbocycles. The molecule has 0 bridgehead atoms. The number of benzene rings is 1. The molecule has 3 heterocycles. The van der Waals surface area contributed by atoms with Crippen LogP contribution in [0.5, 0.6) is 0 Å². The lowest BCUT2D eigenvalue weighted by Gasteiger charge is -2.34. The van der Waals surface area contributed by atoms with Gasteiger partial charge in [-0.3, -0.25) is 4.79 Å². The second-order valence-electron chi connectivity index (χ2n) is 6.25. The molecular formula is C19H18ClN7O. The fourth-order valence-corrected chi connectivity index (χ4v) is 3.08. The molecule has 0 spiro atoms. The average Bonchev–Trinajstić information content (AvgIpc) is 2.76. The van der Waals surface area contributed by atoms with Crippen LogP contribution in [0.3, 0.4) is 0 Å². The molecule has 2 aromatic heterocycles. The van der Waals surface area contributed by atoms with E-state index in [2.05, 4.69) is 30.2 Å². The van der Waals surface area contributed by atoms with Gasteiger partial charge in [0.15, 0.2) is 0 Å². The number of carbonyl (C=O) groups excluding carboxylic acids is 1. The first-order chi connectivity index (χ1) is 13.7. The van der Waals surface area contributed by atoms with Gasteiger partial charge in [0.1, 0.15) is 17.8 Å². The van der Waals surface area contributed by atoms with Crippen molar-refractivity contribution >= 4 is 35.0 Å². The molecule has 4 rings (SSSR count). The molecule has 1 aliphatic rings. The number of carbonyl (C=O) groups is 1. The Bertz CT molecular complexity index is 944. The first kappa shape index (κ1) is 18.1. The number of aromatic nitrogens is 4. The van der Waals surface area contributed by atoms with Crippen LogP contribution in [0.4, 0.5) is 17.5 Å². The highest BCUT2D eigenvalue weighted by molar-refractivity contribution is 6.30. The zero-order chi connectivity index (χ0) is 19.3. The van der Waals surface area contributed by atoms with Crippen LogP contribution in [-0.2, 0) is 0 Å². The van der Waals surface area contributed by atoms with Crippen LogP contribution in [0.25, 0.3) is 0 Å². The predicted molar refractivity (Wildman–Crippen MR) is 107 cm³/mol. The number of nitrogens with zero attached hydrogens (tertiary/aromatic N) is 6. The standard InChI is InChI=1S/C19H18ClN7O/c20-14-2-4-15(5-3-14)25-17-12-16(23-13-24-17)18(28)26-8-10-27(11-9-26)19-21-6-1-7-22-19/h1-7,12-13H,8-11H2,(H,23,24,25). The van der Waals surface area contributed by atoms with Gasteiger partial charge in [0.2, 0.25) is 5.95 Å². The molecule has 1 fully saturated rings. The molecule has 8 nitrogen and oxygen atoms in total. The van der Waals surface area contributed by atoms with Gasteiger partial charge in [-0.25, -0.2) is 19.9 Å². The third kappa shape index (κ3) is 4.17. The summed E-state index contributed by atoms with van der Waals surface area (Å²) in [5, 5.41) is 3.81. The molecule has 1 N–H and O–H groups in total. The summed E-state index contributed by atoms with van der Waals surface area (Å²) in [5.41, 5.74) is 1.19. The van der Waals surface area contributed by atoms with E-state index in [4.69, 9.17) is 11.6 Å². The van der Waals surface area contributed by atoms with Gasteiger partial charge in [0.25, 0.3) is 5.91 Å². The highest BCUT2D eigenvalue weighted by Gasteiger charge is 2.24. The van der Waals surface area contributed by atoms with Crippen molar-refractivity contribution in [3.05, 3.63) is 65.8 Å². The molecule has 28 heavy (non-hydrogen) atoms. The number of amides is 1. The third-order valence-electron chi connectivity index (χ3n) is 4.40. The van der Waals surface area contributed by atoms with Gasteiger partial charge in [-0.05, 0) is 30.3 Å². The van der Waals surface area contributed by atoms with Gasteiger partial charge in [-0.1, -0.05) is 11.6 Å². The van der Waals surface area contributed by atoms with E-state index in [1.807, 2.05) is 12.1 Å². The van der Waals surface area contributed by atoms with Crippen LogP contribution in [0, 0.1) is 0 Å². The molecule has 0 atom stereocenters. The maximum atomic E-state index is 12.8. The van der Waals surface area contributed by atoms with E-state index in [-0.39, 0.29) is 5.91 Å². The maximum absolute atomic E-state index is 12.8. The van der Waals surface area contributed by atoms with E-state index in [0.29, 0.717) is 48.7 Å². The summed E-state index contributed by atoms with van der Waals surface area (Å²) in [6.07, 6.45) is 4.82. The largest absolute Gasteiger partial charge is 0.340 e. The highest BCUT2D eigenvalue weighted by Crippen LogP contribution is 2.18. The Labute approximate surface area is 167 Å². The van der Waals surface area contributed by atoms with Crippen molar-refractivity contribution in [2.45, 2.75) is 0 Å². The lowest BCUT2D eigenvalue weighted by atomic mass is 10.2. The van der Waals surface area contributed by atoms with Crippen LogP contribution >= 0.6 is 11.6 Å². The summed E-state index contributed by atoms with van der Waals surface area (Å²) in [6.45, 7) is 2.52. The SMILES string of the molecule is O=C(c1cc(Nc2ccc(Cl)cc2)ncn1)N1CCN(c2ncccn2)CC1. The molecule has 1 amide bonds. The van der Waals surface area contributed by atoms with Crippen LogP contribution in [0.2, 0.25) is 5.02 Å². The summed E-state index contributed by atoms with van der Waals surface area (Å²) in [6, 6.07) is 10.7. The number of halogens is 1. The molecule has 1 aliphatic heterocycles. The Hall–Kier alpha value is -3.26. The molecule has 9 heteroatoms. The topological polar surface area (TPSA) is 87.1 Å². The van der Waals surface area contributed by atoms with Crippen LogP contribution in [0.15, 0.2) is 55.1 Å². The molecule has 142 valence electrons. The molecule has 1 aromatic carbocycles. The Morgan fingerprint density at radius 2 is 1.68 bits per heavy atom. The monoisotopic (exact) mass is 395 g/mol. The number of hydrogen-bond acceptors (Lipinski definition) is 7. The van der Waals surface area contributed by atoms with E-state index in [9.17, 15) is 4.79 Å². The fraction of sp³-hybridized carbons (Fsp3) is 0.211. The number of piperazine rings is 1. The Morgan fingerprint density at radius 3 is 2.39 bits per heavy atom. The van der Waals surface area contributed by atoms with E-state index >= 15 is 0 Å². The van der Waals surface area contributed by atoms with Gasteiger partial charge >= 0.3 is 0 Å². The summed E-state index contributed by atoms with van der Waals surface area (Å²) in [4.78, 5) is 33.5. The van der Waals surface area contributed by atoms with Crippen molar-refractivity contribution in [2.75, 3.05) is 36.4 Å². The molecule has 0 saturated carbocycles. The maximum Gasteiger partial charge on any atom is 0.272 e. The lowest BCUT2D eigenvalue weighted by molar-refractivity contribution is 0.0740. The molecule has 0 radical (unpaired) electrons. The number of hydrogen-bond donors (Lipinski definition) is 1. The van der Waals surface area contributed by atoms with Gasteiger partial charge in [0, 0.05) is 55.3 Å². The van der Waals surface area contributed by atoms with Crippen molar-refractivity contribution < 1.29 is 4.79 Å². The van der Waals surface area contributed by atoms with E-state index < -0.39 is 0 Å². The minimum Gasteiger partial charge on any atom is -0.340 e. The van der Waals surface area contributed by atoms with Gasteiger partial charge in [-0.15, -0.1) is 0 Å². The molecule has 0 unspecified atom stereocenters. The normalized spacial score (nSPS) is 14.0. The summed E-state index contributed by atoms with van der Waals surface area (Å²) in [7, 11) is 0. The first-order valence-electron chi connectivity index (χ1n) is 8.85. The molecule has 1 saturated heterocycles. The van der Waals surface area contributed by atoms with Crippen molar-refractivity contribution in [3.63, 3.8) is 0 Å². The first-order valence-corrected chi connectivity index (χ1v) is 9.23. The second kappa shape index (κ2) is 8.18. The third-order valence-corrected chi connectivity index (χ3v) is 4.66. The smallest absolute Gasteiger partial charge is 0.272 e. The van der Waals surface area contributed by atoms with Gasteiger partial charge in [0.05, 0.1) is 0 Å². The van der Waals surface area contributed by atoms with Crippen molar-refractivity contribution in [2.24, 2.45) is 0 Å². The lowest BCUT2D eigenvalue weighted by Crippen LogP contribution is -2.49. The van der Waals surface area contributed by atoms with E-state index in [1.165, 1.54) is 6.33 Å². The van der Waals surface area contributed by atoms with Crippen molar-refractivity contribution in [3.8, 4) is 0 Å². The molecular weight excluding hydrogens is 378 g/mol. The number of anilines is 3. The number of rotatable bonds is 4. The minimum atomic E-state index is -0.116. The Morgan fingerprint density at radius 1 is 0.964 bits per heavy atom. The fourth-order valence-electron chi connectivity index (χ4n) is 2.95. The quantitative estimate of drug-likeness (QED) is 0.726. The Balaban J connectivity index is 1.40. The molecule has 3 aromatic rings. The summed E-state index contributed by atoms with van der Waals surface area (Å²) >= 11 is 5.90. The van der Waals surface area contributed by atoms with Gasteiger partial charge < -0.3 is 15.1 Å². The predicted octanol–water partition coefficient (Wildman–Crippen LogP) is 2.63. The summed E-state index contributed by atoms with van der Waals surface area (Å²) in [5.74, 6) is 1.12. The van der Waals surface area contributed by atoms with Crippen LogP contribution in [0.1, 0.15) is 10.5 Å². The van der Waals surface area contributed by atoms with E-state index in [1.54, 1.807) is 41.6 Å². The Kier molecular flexibility index (Phi) is 5.29. The zero-order valence-corrected chi connectivity index (χ0v) is 15.8. The minimum absolute atomic E-state index is 0.116. The van der Waals surface area contributed by atoms with Crippen LogP contribution < -0.4 is 10.2 Å². The van der Waals surface area contributed by atoms with Crippen molar-refractivity contribution in [1.29, 1.82) is 0 Å². The second-order valence-corrected chi connectivity index (χ2v) is 6.68. The number of nitrogens with one attached hydrogen (secondary N) is 1. The highest BCUT2D eigenvalue weighted by atomic mass is 35.5. The zero-order valence-electron chi connectivity index (χ0n) is 15.0. The summed E-state index contributed by atoms with van der Waals surface area (Å²) < 4.78 is 0. The van der Waals surface area contributed by atoms with E-state index in [0.717, 1.165) is 5.69 Å².